The van der Waals surface area contributed by atoms with Crippen molar-refractivity contribution in [2.45, 2.75) is 13.3 Å². The first-order valence-electron chi connectivity index (χ1n) is 3.35. The van der Waals surface area contributed by atoms with Crippen molar-refractivity contribution in [2.24, 2.45) is 0 Å². The van der Waals surface area contributed by atoms with E-state index in [4.69, 9.17) is 0 Å². The zero-order valence-electron chi connectivity index (χ0n) is 6.42. The third-order valence-electron chi connectivity index (χ3n) is 1.50. The van der Waals surface area contributed by atoms with Crippen LogP contribution in [0.25, 0.3) is 0 Å². The lowest BCUT2D eigenvalue weighted by molar-refractivity contribution is 0.111. The summed E-state index contributed by atoms with van der Waals surface area (Å²) in [6.45, 7) is 1.57. The summed E-state index contributed by atoms with van der Waals surface area (Å²) in [7, 11) is 0. The van der Waals surface area contributed by atoms with Crippen molar-refractivity contribution in [3.63, 3.8) is 0 Å². The van der Waals surface area contributed by atoms with Gasteiger partial charge in [-0.2, -0.15) is 0 Å². The van der Waals surface area contributed by atoms with Gasteiger partial charge in [-0.15, -0.1) is 0 Å². The van der Waals surface area contributed by atoms with Crippen LogP contribution in [0.1, 0.15) is 28.0 Å². The molecule has 0 N–H and O–H groups in total. The Hall–Kier alpha value is -1.32. The largest absolute Gasteiger partial charge is 0.296 e. The van der Waals surface area contributed by atoms with Crippen molar-refractivity contribution in [1.29, 1.82) is 0 Å². The molecule has 4 heteroatoms. The van der Waals surface area contributed by atoms with Crippen LogP contribution in [0.4, 0.5) is 8.78 Å². The molecule has 12 heavy (non-hydrogen) atoms. The molecule has 1 aromatic heterocycles. The van der Waals surface area contributed by atoms with Gasteiger partial charge in [0.2, 0.25) is 0 Å². The van der Waals surface area contributed by atoms with Gasteiger partial charge in [0, 0.05) is 11.8 Å². The maximum absolute atomic E-state index is 12.1. The molecule has 1 heterocycles. The number of hydrogen-bond donors (Lipinski definition) is 0. The first kappa shape index (κ1) is 8.77. The van der Waals surface area contributed by atoms with E-state index in [0.717, 1.165) is 6.20 Å². The predicted molar refractivity (Wildman–Crippen MR) is 39.3 cm³/mol. The lowest BCUT2D eigenvalue weighted by atomic mass is 10.2. The summed E-state index contributed by atoms with van der Waals surface area (Å²) in [6, 6.07) is 1.27. The van der Waals surface area contributed by atoms with Crippen molar-refractivity contribution < 1.29 is 13.6 Å². The highest BCUT2D eigenvalue weighted by Gasteiger charge is 2.08. The molecule has 0 aliphatic rings. The normalized spacial score (nSPS) is 10.3. The van der Waals surface area contributed by atoms with E-state index in [1.54, 1.807) is 6.92 Å². The Labute approximate surface area is 68.2 Å². The number of carbonyl (C=O) groups excluding carboxylic acids is 1. The van der Waals surface area contributed by atoms with E-state index in [1.807, 2.05) is 0 Å². The first-order valence-corrected chi connectivity index (χ1v) is 3.35. The van der Waals surface area contributed by atoms with Crippen LogP contribution < -0.4 is 0 Å². The van der Waals surface area contributed by atoms with Gasteiger partial charge >= 0.3 is 0 Å². The fourth-order valence-electron chi connectivity index (χ4n) is 0.850. The molecule has 1 aromatic rings. The maximum atomic E-state index is 12.1. The van der Waals surface area contributed by atoms with Crippen molar-refractivity contribution in [1.82, 2.24) is 4.98 Å². The van der Waals surface area contributed by atoms with Gasteiger partial charge in [-0.3, -0.25) is 9.78 Å². The zero-order chi connectivity index (χ0) is 9.14. The Morgan fingerprint density at radius 3 is 2.67 bits per heavy atom. The van der Waals surface area contributed by atoms with Gasteiger partial charge in [0.1, 0.15) is 5.69 Å². The van der Waals surface area contributed by atoms with Crippen LogP contribution in [0.15, 0.2) is 12.3 Å². The number of nitrogens with zero attached hydrogens (tertiary/aromatic N) is 1. The molecule has 0 aliphatic heterocycles. The summed E-state index contributed by atoms with van der Waals surface area (Å²) in [6.07, 6.45) is -0.969. The van der Waals surface area contributed by atoms with Crippen molar-refractivity contribution in [3.05, 3.63) is 29.1 Å². The van der Waals surface area contributed by atoms with Crippen LogP contribution in [0, 0.1) is 6.92 Å². The van der Waals surface area contributed by atoms with Gasteiger partial charge in [0.25, 0.3) is 6.43 Å². The molecule has 0 unspecified atom stereocenters. The smallest absolute Gasteiger partial charge is 0.265 e. The van der Waals surface area contributed by atoms with Crippen molar-refractivity contribution in [2.75, 3.05) is 0 Å². The van der Waals surface area contributed by atoms with Gasteiger partial charge in [0.15, 0.2) is 6.29 Å². The highest BCUT2D eigenvalue weighted by atomic mass is 19.3. The van der Waals surface area contributed by atoms with E-state index in [1.165, 1.54) is 6.07 Å². The summed E-state index contributed by atoms with van der Waals surface area (Å²) in [4.78, 5) is 13.8. The molecule has 0 aliphatic carbocycles. The van der Waals surface area contributed by atoms with Crippen molar-refractivity contribution in [3.8, 4) is 0 Å². The van der Waals surface area contributed by atoms with E-state index in [-0.39, 0.29) is 11.3 Å². The second kappa shape index (κ2) is 3.38. The fourth-order valence-corrected chi connectivity index (χ4v) is 0.850. The third-order valence-corrected chi connectivity index (χ3v) is 1.50. The molecular weight excluding hydrogens is 164 g/mol. The Bertz CT molecular complexity index is 299. The lowest BCUT2D eigenvalue weighted by Gasteiger charge is -2.01. The monoisotopic (exact) mass is 171 g/mol. The predicted octanol–water partition coefficient (Wildman–Crippen LogP) is 2.14. The molecule has 0 spiro atoms. The fraction of sp³-hybridized carbons (Fsp3) is 0.250. The van der Waals surface area contributed by atoms with Gasteiger partial charge < -0.3 is 0 Å². The molecule has 0 amide bonds. The standard InChI is InChI=1S/C8H7F2NO/c1-5-2-6(8(9)10)3-11-7(5)4-12/h2-4,8H,1H3. The van der Waals surface area contributed by atoms with Gasteiger partial charge in [-0.05, 0) is 18.6 Å². The number of aromatic nitrogens is 1. The molecule has 0 fully saturated rings. The van der Waals surface area contributed by atoms with Gasteiger partial charge in [0.05, 0.1) is 0 Å². The minimum absolute atomic E-state index is 0.155. The third kappa shape index (κ3) is 1.64. The van der Waals surface area contributed by atoms with E-state index in [0.29, 0.717) is 11.8 Å². The number of aryl methyl sites for hydroxylation is 1. The van der Waals surface area contributed by atoms with E-state index in [9.17, 15) is 13.6 Å². The number of halogens is 2. The average Bonchev–Trinajstić information content (AvgIpc) is 2.04. The molecule has 0 saturated heterocycles. The van der Waals surface area contributed by atoms with Crippen LogP contribution in [-0.2, 0) is 0 Å². The van der Waals surface area contributed by atoms with Crippen LogP contribution >= 0.6 is 0 Å². The summed E-state index contributed by atoms with van der Waals surface area (Å²) < 4.78 is 24.1. The molecule has 0 bridgehead atoms. The molecular formula is C8H7F2NO. The lowest BCUT2D eigenvalue weighted by Crippen LogP contribution is -1.94. The maximum Gasteiger partial charge on any atom is 0.265 e. The number of aldehydes is 1. The SMILES string of the molecule is Cc1cc(C(F)F)cnc1C=O. The minimum atomic E-state index is -2.53. The van der Waals surface area contributed by atoms with Crippen LogP contribution in [0.5, 0.6) is 0 Å². The second-order valence-electron chi connectivity index (χ2n) is 2.39. The van der Waals surface area contributed by atoms with Crippen molar-refractivity contribution >= 4 is 6.29 Å². The molecule has 0 aromatic carbocycles. The summed E-state index contributed by atoms with van der Waals surface area (Å²) in [5.74, 6) is 0. The number of carbonyl (C=O) groups is 1. The second-order valence-corrected chi connectivity index (χ2v) is 2.39. The quantitative estimate of drug-likeness (QED) is 0.638. The van der Waals surface area contributed by atoms with E-state index < -0.39 is 6.43 Å². The highest BCUT2D eigenvalue weighted by Crippen LogP contribution is 2.18. The Morgan fingerprint density at radius 1 is 1.58 bits per heavy atom. The number of hydrogen-bond acceptors (Lipinski definition) is 2. The Morgan fingerprint density at radius 2 is 2.25 bits per heavy atom. The summed E-state index contributed by atoms with van der Waals surface area (Å²) >= 11 is 0. The Balaban J connectivity index is 3.10. The Kier molecular flexibility index (Phi) is 2.47. The van der Waals surface area contributed by atoms with Gasteiger partial charge in [-0.1, -0.05) is 0 Å². The molecule has 0 radical (unpaired) electrons. The van der Waals surface area contributed by atoms with E-state index >= 15 is 0 Å². The molecule has 2 nitrogen and oxygen atoms in total. The molecule has 1 rings (SSSR count). The van der Waals surface area contributed by atoms with E-state index in [2.05, 4.69) is 4.98 Å². The molecule has 0 atom stereocenters. The average molecular weight is 171 g/mol. The molecule has 64 valence electrons. The summed E-state index contributed by atoms with van der Waals surface area (Å²) in [5, 5.41) is 0. The zero-order valence-corrected chi connectivity index (χ0v) is 6.42. The van der Waals surface area contributed by atoms with Crippen LogP contribution in [0.2, 0.25) is 0 Å². The number of rotatable bonds is 2. The first-order chi connectivity index (χ1) is 5.65. The van der Waals surface area contributed by atoms with Crippen LogP contribution in [0.3, 0.4) is 0 Å². The van der Waals surface area contributed by atoms with Gasteiger partial charge in [-0.25, -0.2) is 8.78 Å². The minimum Gasteiger partial charge on any atom is -0.296 e. The number of pyridine rings is 1. The summed E-state index contributed by atoms with van der Waals surface area (Å²) in [5.41, 5.74) is 0.528. The number of alkyl halides is 2. The molecule has 0 saturated carbocycles. The topological polar surface area (TPSA) is 30.0 Å². The van der Waals surface area contributed by atoms with Crippen LogP contribution in [-0.4, -0.2) is 11.3 Å². The highest BCUT2D eigenvalue weighted by molar-refractivity contribution is 5.73.